The fourth-order valence-corrected chi connectivity index (χ4v) is 2.13. The molecule has 2 rings (SSSR count). The van der Waals surface area contributed by atoms with Crippen LogP contribution in [0.4, 0.5) is 4.39 Å². The van der Waals surface area contributed by atoms with Crippen molar-refractivity contribution in [2.75, 3.05) is 0 Å². The maximum atomic E-state index is 13.4. The lowest BCUT2D eigenvalue weighted by atomic mass is 10.0. The Morgan fingerprint density at radius 1 is 1.35 bits per heavy atom. The van der Waals surface area contributed by atoms with Gasteiger partial charge in [0.1, 0.15) is 5.82 Å². The molecule has 0 aliphatic carbocycles. The molecular weight excluding hydrogens is 255 g/mol. The van der Waals surface area contributed by atoms with Crippen molar-refractivity contribution < 1.29 is 9.50 Å². The molecule has 1 unspecified atom stereocenters. The molecule has 1 aromatic heterocycles. The molecule has 0 amide bonds. The van der Waals surface area contributed by atoms with Gasteiger partial charge in [0.15, 0.2) is 0 Å². The first-order chi connectivity index (χ1) is 9.49. The summed E-state index contributed by atoms with van der Waals surface area (Å²) in [5, 5.41) is 18.8. The van der Waals surface area contributed by atoms with Gasteiger partial charge in [0.05, 0.1) is 17.7 Å². The molecule has 0 bridgehead atoms. The number of hydrogen-bond acceptors (Lipinski definition) is 2. The Morgan fingerprint density at radius 2 is 2.10 bits per heavy atom. The number of benzene rings is 1. The first-order valence-electron chi connectivity index (χ1n) is 6.53. The Bertz CT molecular complexity index is 640. The van der Waals surface area contributed by atoms with Crippen molar-refractivity contribution in [1.29, 1.82) is 5.26 Å². The van der Waals surface area contributed by atoms with Gasteiger partial charge >= 0.3 is 0 Å². The summed E-state index contributed by atoms with van der Waals surface area (Å²) in [6.45, 7) is 4.37. The number of rotatable bonds is 4. The van der Waals surface area contributed by atoms with Crippen molar-refractivity contribution in [3.63, 3.8) is 0 Å². The van der Waals surface area contributed by atoms with Crippen LogP contribution in [0.5, 0.6) is 0 Å². The fraction of sp³-hybridized carbons (Fsp3) is 0.312. The van der Waals surface area contributed by atoms with Crippen molar-refractivity contribution in [3.05, 3.63) is 59.2 Å². The molecule has 1 N–H and O–H groups in total. The quantitative estimate of drug-likeness (QED) is 0.928. The minimum absolute atomic E-state index is 0.144. The van der Waals surface area contributed by atoms with E-state index in [1.807, 2.05) is 42.9 Å². The van der Waals surface area contributed by atoms with E-state index >= 15 is 0 Å². The largest absolute Gasteiger partial charge is 0.388 e. The molecule has 0 saturated heterocycles. The number of halogens is 1. The lowest BCUT2D eigenvalue weighted by Crippen LogP contribution is -2.04. The minimum atomic E-state index is -0.501. The van der Waals surface area contributed by atoms with Crippen molar-refractivity contribution in [1.82, 2.24) is 4.57 Å². The second kappa shape index (κ2) is 5.89. The van der Waals surface area contributed by atoms with Gasteiger partial charge in [0, 0.05) is 18.9 Å². The molecule has 1 heterocycles. The predicted molar refractivity (Wildman–Crippen MR) is 74.4 cm³/mol. The Balaban J connectivity index is 2.19. The highest BCUT2D eigenvalue weighted by atomic mass is 19.1. The van der Waals surface area contributed by atoms with Crippen molar-refractivity contribution in [3.8, 4) is 6.07 Å². The van der Waals surface area contributed by atoms with E-state index in [1.54, 1.807) is 6.07 Å². The van der Waals surface area contributed by atoms with Gasteiger partial charge in [0.25, 0.3) is 0 Å². The summed E-state index contributed by atoms with van der Waals surface area (Å²) in [5.74, 6) is -0.265. The van der Waals surface area contributed by atoms with Crippen molar-refractivity contribution in [2.45, 2.75) is 26.5 Å². The van der Waals surface area contributed by atoms with Gasteiger partial charge in [-0.25, -0.2) is 4.39 Å². The average molecular weight is 272 g/mol. The topological polar surface area (TPSA) is 49.0 Å². The molecule has 1 aromatic carbocycles. The predicted octanol–water partition coefficient (Wildman–Crippen LogP) is 3.24. The molecule has 104 valence electrons. The van der Waals surface area contributed by atoms with Gasteiger partial charge in [-0.15, -0.1) is 0 Å². The smallest absolute Gasteiger partial charge is 0.124 e. The summed E-state index contributed by atoms with van der Waals surface area (Å²) in [7, 11) is 0. The molecule has 0 aliphatic heterocycles. The van der Waals surface area contributed by atoms with E-state index < -0.39 is 11.9 Å². The van der Waals surface area contributed by atoms with E-state index in [4.69, 9.17) is 5.26 Å². The maximum Gasteiger partial charge on any atom is 0.124 e. The number of hydrogen-bond donors (Lipinski definition) is 1. The van der Waals surface area contributed by atoms with Crippen LogP contribution >= 0.6 is 0 Å². The number of aliphatic hydroxyl groups excluding tert-OH is 1. The van der Waals surface area contributed by atoms with Crippen LogP contribution in [0.15, 0.2) is 36.7 Å². The summed E-state index contributed by atoms with van der Waals surface area (Å²) in [6, 6.07) is 8.10. The number of nitrogens with zero attached hydrogens (tertiary/aromatic N) is 2. The Hall–Kier alpha value is -2.12. The molecule has 4 heteroatoms. The van der Waals surface area contributed by atoms with Gasteiger partial charge in [-0.2, -0.15) is 5.26 Å². The molecule has 2 aromatic rings. The third-order valence-corrected chi connectivity index (χ3v) is 3.20. The molecule has 3 nitrogen and oxygen atoms in total. The van der Waals surface area contributed by atoms with Crippen LogP contribution in [0.3, 0.4) is 0 Å². The van der Waals surface area contributed by atoms with Crippen LogP contribution in [-0.2, 0) is 6.54 Å². The molecule has 0 spiro atoms. The van der Waals surface area contributed by atoms with Crippen LogP contribution in [0, 0.1) is 23.1 Å². The molecule has 0 fully saturated rings. The number of nitriles is 1. The summed E-state index contributed by atoms with van der Waals surface area (Å²) in [5.41, 5.74) is 1.88. The standard InChI is InChI=1S/C16H17FN2O/c1-11(2)16(20)14-3-4-19(10-14)9-13-5-12(8-18)6-15(17)7-13/h3-7,10-11,16,20H,9H2,1-2H3. The Morgan fingerprint density at radius 3 is 2.75 bits per heavy atom. The Labute approximate surface area is 117 Å². The van der Waals surface area contributed by atoms with Crippen LogP contribution in [0.25, 0.3) is 0 Å². The second-order valence-electron chi connectivity index (χ2n) is 5.27. The van der Waals surface area contributed by atoms with E-state index in [0.29, 0.717) is 12.1 Å². The summed E-state index contributed by atoms with van der Waals surface area (Å²) >= 11 is 0. The van der Waals surface area contributed by atoms with E-state index in [0.717, 1.165) is 11.1 Å². The van der Waals surface area contributed by atoms with Gasteiger partial charge in [-0.1, -0.05) is 13.8 Å². The fourth-order valence-electron chi connectivity index (χ4n) is 2.13. The zero-order valence-corrected chi connectivity index (χ0v) is 11.5. The third kappa shape index (κ3) is 3.25. The molecule has 20 heavy (non-hydrogen) atoms. The average Bonchev–Trinajstić information content (AvgIpc) is 2.85. The van der Waals surface area contributed by atoms with Gasteiger partial charge in [-0.05, 0) is 41.3 Å². The SMILES string of the molecule is CC(C)C(O)c1ccn(Cc2cc(F)cc(C#N)c2)c1. The van der Waals surface area contributed by atoms with Crippen molar-refractivity contribution in [2.24, 2.45) is 5.92 Å². The molecular formula is C16H17FN2O. The zero-order valence-electron chi connectivity index (χ0n) is 11.5. The van der Waals surface area contributed by atoms with E-state index in [9.17, 15) is 9.50 Å². The lowest BCUT2D eigenvalue weighted by Gasteiger charge is -2.12. The molecule has 0 saturated carbocycles. The lowest BCUT2D eigenvalue weighted by molar-refractivity contribution is 0.127. The second-order valence-corrected chi connectivity index (χ2v) is 5.27. The minimum Gasteiger partial charge on any atom is -0.388 e. The first-order valence-corrected chi connectivity index (χ1v) is 6.53. The normalized spacial score (nSPS) is 12.4. The number of aliphatic hydroxyl groups is 1. The van der Waals surface area contributed by atoms with Crippen LogP contribution in [0.1, 0.15) is 36.6 Å². The van der Waals surface area contributed by atoms with Gasteiger partial charge < -0.3 is 9.67 Å². The monoisotopic (exact) mass is 272 g/mol. The van der Waals surface area contributed by atoms with E-state index in [-0.39, 0.29) is 5.92 Å². The Kier molecular flexibility index (Phi) is 4.21. The highest BCUT2D eigenvalue weighted by Gasteiger charge is 2.13. The summed E-state index contributed by atoms with van der Waals surface area (Å²) in [6.07, 6.45) is 3.19. The van der Waals surface area contributed by atoms with Crippen molar-refractivity contribution >= 4 is 0 Å². The van der Waals surface area contributed by atoms with Crippen LogP contribution < -0.4 is 0 Å². The molecule has 1 atom stereocenters. The van der Waals surface area contributed by atoms with Crippen LogP contribution in [0.2, 0.25) is 0 Å². The first kappa shape index (κ1) is 14.3. The zero-order chi connectivity index (χ0) is 14.7. The van der Waals surface area contributed by atoms with Gasteiger partial charge in [-0.3, -0.25) is 0 Å². The molecule has 0 aliphatic rings. The summed E-state index contributed by atoms with van der Waals surface area (Å²) in [4.78, 5) is 0. The highest BCUT2D eigenvalue weighted by molar-refractivity contribution is 5.34. The van der Waals surface area contributed by atoms with Gasteiger partial charge in [0.2, 0.25) is 0 Å². The molecule has 0 radical (unpaired) electrons. The van der Waals surface area contributed by atoms with E-state index in [2.05, 4.69) is 0 Å². The van der Waals surface area contributed by atoms with Crippen LogP contribution in [-0.4, -0.2) is 9.67 Å². The highest BCUT2D eigenvalue weighted by Crippen LogP contribution is 2.22. The number of aromatic nitrogens is 1. The summed E-state index contributed by atoms with van der Waals surface area (Å²) < 4.78 is 15.2. The third-order valence-electron chi connectivity index (χ3n) is 3.20. The maximum absolute atomic E-state index is 13.4. The van der Waals surface area contributed by atoms with E-state index in [1.165, 1.54) is 12.1 Å².